The third-order valence-corrected chi connectivity index (χ3v) is 3.45. The molecule has 1 aliphatic heterocycles. The maximum Gasteiger partial charge on any atom is 0.407 e. The van der Waals surface area contributed by atoms with Crippen molar-refractivity contribution in [2.24, 2.45) is 0 Å². The van der Waals surface area contributed by atoms with Gasteiger partial charge in [0.1, 0.15) is 5.60 Å². The minimum absolute atomic E-state index is 0.0484. The zero-order chi connectivity index (χ0) is 15.9. The highest BCUT2D eigenvalue weighted by Gasteiger charge is 2.22. The molecule has 1 fully saturated rings. The van der Waals surface area contributed by atoms with Gasteiger partial charge in [0, 0.05) is 25.2 Å². The average molecular weight is 300 g/mol. The smallest absolute Gasteiger partial charge is 0.407 e. The Hall–Kier alpha value is -0.810. The third kappa shape index (κ3) is 8.27. The fraction of sp³-hybridized carbons (Fsp3) is 0.938. The summed E-state index contributed by atoms with van der Waals surface area (Å²) in [7, 11) is 0. The third-order valence-electron chi connectivity index (χ3n) is 3.45. The fourth-order valence-corrected chi connectivity index (χ4v) is 2.49. The monoisotopic (exact) mass is 300 g/mol. The first-order valence-electron chi connectivity index (χ1n) is 8.14. The lowest BCUT2D eigenvalue weighted by molar-refractivity contribution is -0.00352. The molecule has 2 N–H and O–H groups in total. The zero-order valence-corrected chi connectivity index (χ0v) is 14.2. The zero-order valence-electron chi connectivity index (χ0n) is 14.2. The summed E-state index contributed by atoms with van der Waals surface area (Å²) in [5, 5.41) is 6.39. The standard InChI is InChI=1S/C16H32N2O3/c1-6-7-14-10-13(8-9-20-14)17-11-12(2)18-15(19)21-16(3,4)5/h12-14,17H,6-11H2,1-5H3,(H,18,19). The summed E-state index contributed by atoms with van der Waals surface area (Å²) in [6.07, 6.45) is 4.42. The lowest BCUT2D eigenvalue weighted by Crippen LogP contribution is -2.47. The molecule has 0 aliphatic carbocycles. The van der Waals surface area contributed by atoms with E-state index in [9.17, 15) is 4.79 Å². The summed E-state index contributed by atoms with van der Waals surface area (Å²) in [5.74, 6) is 0. The molecule has 1 amide bonds. The van der Waals surface area contributed by atoms with Crippen molar-refractivity contribution in [3.8, 4) is 0 Å². The number of carbonyl (C=O) groups excluding carboxylic acids is 1. The SMILES string of the molecule is CCCC1CC(NCC(C)NC(=O)OC(C)(C)C)CCO1. The van der Waals surface area contributed by atoms with E-state index in [1.54, 1.807) is 0 Å². The van der Waals surface area contributed by atoms with E-state index in [0.29, 0.717) is 12.1 Å². The van der Waals surface area contributed by atoms with Crippen molar-refractivity contribution in [3.05, 3.63) is 0 Å². The van der Waals surface area contributed by atoms with Gasteiger partial charge in [0.05, 0.1) is 6.10 Å². The van der Waals surface area contributed by atoms with Crippen molar-refractivity contribution in [2.45, 2.75) is 84.1 Å². The van der Waals surface area contributed by atoms with Gasteiger partial charge in [0.2, 0.25) is 0 Å². The van der Waals surface area contributed by atoms with Crippen LogP contribution in [0.2, 0.25) is 0 Å². The number of alkyl carbamates (subject to hydrolysis) is 1. The van der Waals surface area contributed by atoms with E-state index < -0.39 is 5.60 Å². The van der Waals surface area contributed by atoms with E-state index in [-0.39, 0.29) is 12.1 Å². The summed E-state index contributed by atoms with van der Waals surface area (Å²) in [6, 6.07) is 0.533. The lowest BCUT2D eigenvalue weighted by Gasteiger charge is -2.31. The Kier molecular flexibility index (Phi) is 7.46. The first-order valence-corrected chi connectivity index (χ1v) is 8.14. The number of amides is 1. The van der Waals surface area contributed by atoms with Crippen molar-refractivity contribution in [2.75, 3.05) is 13.2 Å². The van der Waals surface area contributed by atoms with E-state index in [1.165, 1.54) is 0 Å². The average Bonchev–Trinajstić information content (AvgIpc) is 2.35. The van der Waals surface area contributed by atoms with E-state index in [1.807, 2.05) is 27.7 Å². The Morgan fingerprint density at radius 2 is 2.14 bits per heavy atom. The number of ether oxygens (including phenoxy) is 2. The predicted octanol–water partition coefficient (Wildman–Crippen LogP) is 2.84. The molecule has 1 saturated heterocycles. The van der Waals surface area contributed by atoms with Gasteiger partial charge in [-0.2, -0.15) is 0 Å². The molecule has 1 heterocycles. The topological polar surface area (TPSA) is 59.6 Å². The number of nitrogens with one attached hydrogen (secondary N) is 2. The van der Waals surface area contributed by atoms with Crippen LogP contribution in [0, 0.1) is 0 Å². The summed E-state index contributed by atoms with van der Waals surface area (Å²) in [5.41, 5.74) is -0.453. The summed E-state index contributed by atoms with van der Waals surface area (Å²) < 4.78 is 11.0. The Morgan fingerprint density at radius 1 is 1.43 bits per heavy atom. The summed E-state index contributed by atoms with van der Waals surface area (Å²) in [6.45, 7) is 11.4. The molecular formula is C16H32N2O3. The number of hydrogen-bond acceptors (Lipinski definition) is 4. The number of rotatable bonds is 6. The largest absolute Gasteiger partial charge is 0.444 e. The van der Waals surface area contributed by atoms with Crippen LogP contribution >= 0.6 is 0 Å². The molecule has 1 aliphatic rings. The fourth-order valence-electron chi connectivity index (χ4n) is 2.49. The molecule has 3 unspecified atom stereocenters. The van der Waals surface area contributed by atoms with Crippen LogP contribution in [0.4, 0.5) is 4.79 Å². The molecule has 0 bridgehead atoms. The minimum atomic E-state index is -0.453. The molecule has 0 spiro atoms. The quantitative estimate of drug-likeness (QED) is 0.792. The van der Waals surface area contributed by atoms with Crippen molar-refractivity contribution in [1.82, 2.24) is 10.6 Å². The van der Waals surface area contributed by atoms with E-state index in [2.05, 4.69) is 17.6 Å². The molecule has 5 nitrogen and oxygen atoms in total. The molecule has 1 rings (SSSR count). The Balaban J connectivity index is 2.23. The summed E-state index contributed by atoms with van der Waals surface area (Å²) in [4.78, 5) is 11.7. The van der Waals surface area contributed by atoms with Crippen molar-refractivity contribution < 1.29 is 14.3 Å². The van der Waals surface area contributed by atoms with Gasteiger partial charge < -0.3 is 20.1 Å². The Labute approximate surface area is 129 Å². The molecule has 0 saturated carbocycles. The van der Waals surface area contributed by atoms with Gasteiger partial charge in [-0.25, -0.2) is 4.79 Å². The van der Waals surface area contributed by atoms with Crippen LogP contribution in [-0.2, 0) is 9.47 Å². The van der Waals surface area contributed by atoms with Gasteiger partial charge in [-0.3, -0.25) is 0 Å². The minimum Gasteiger partial charge on any atom is -0.444 e. The molecule has 3 atom stereocenters. The van der Waals surface area contributed by atoms with Gasteiger partial charge >= 0.3 is 6.09 Å². The van der Waals surface area contributed by atoms with Gasteiger partial charge in [0.15, 0.2) is 0 Å². The normalized spacial score (nSPS) is 24.4. The highest BCUT2D eigenvalue weighted by atomic mass is 16.6. The van der Waals surface area contributed by atoms with Crippen LogP contribution in [0.5, 0.6) is 0 Å². The van der Waals surface area contributed by atoms with E-state index >= 15 is 0 Å². The van der Waals surface area contributed by atoms with Crippen LogP contribution < -0.4 is 10.6 Å². The maximum absolute atomic E-state index is 11.7. The number of hydrogen-bond donors (Lipinski definition) is 2. The first-order chi connectivity index (χ1) is 9.80. The molecule has 21 heavy (non-hydrogen) atoms. The van der Waals surface area contributed by atoms with Crippen molar-refractivity contribution >= 4 is 6.09 Å². The second kappa shape index (κ2) is 8.59. The van der Waals surface area contributed by atoms with Gasteiger partial charge in [0.25, 0.3) is 0 Å². The van der Waals surface area contributed by atoms with Crippen molar-refractivity contribution in [1.29, 1.82) is 0 Å². The van der Waals surface area contributed by atoms with Crippen molar-refractivity contribution in [3.63, 3.8) is 0 Å². The summed E-state index contributed by atoms with van der Waals surface area (Å²) >= 11 is 0. The van der Waals surface area contributed by atoms with Crippen LogP contribution in [0.1, 0.15) is 60.3 Å². The highest BCUT2D eigenvalue weighted by Crippen LogP contribution is 2.17. The molecule has 124 valence electrons. The molecule has 0 aromatic rings. The Morgan fingerprint density at radius 3 is 2.76 bits per heavy atom. The number of carbonyl (C=O) groups is 1. The molecular weight excluding hydrogens is 268 g/mol. The van der Waals surface area contributed by atoms with Crippen LogP contribution in [0.25, 0.3) is 0 Å². The van der Waals surface area contributed by atoms with Crippen LogP contribution in [0.3, 0.4) is 0 Å². The van der Waals surface area contributed by atoms with Crippen LogP contribution in [-0.4, -0.2) is 43.0 Å². The second-order valence-corrected chi connectivity index (χ2v) is 6.96. The maximum atomic E-state index is 11.7. The molecule has 0 radical (unpaired) electrons. The molecule has 5 heteroatoms. The van der Waals surface area contributed by atoms with E-state index in [0.717, 1.165) is 38.8 Å². The highest BCUT2D eigenvalue weighted by molar-refractivity contribution is 5.68. The first kappa shape index (κ1) is 18.2. The molecule has 0 aromatic carbocycles. The second-order valence-electron chi connectivity index (χ2n) is 6.96. The van der Waals surface area contributed by atoms with Gasteiger partial charge in [-0.15, -0.1) is 0 Å². The van der Waals surface area contributed by atoms with Gasteiger partial charge in [-0.1, -0.05) is 13.3 Å². The molecule has 0 aromatic heterocycles. The Bertz CT molecular complexity index is 313. The van der Waals surface area contributed by atoms with E-state index in [4.69, 9.17) is 9.47 Å². The predicted molar refractivity (Wildman–Crippen MR) is 84.5 cm³/mol. The lowest BCUT2D eigenvalue weighted by atomic mass is 10.00. The van der Waals surface area contributed by atoms with Crippen LogP contribution in [0.15, 0.2) is 0 Å². The van der Waals surface area contributed by atoms with Gasteiger partial charge in [-0.05, 0) is 47.0 Å².